The largest absolute Gasteiger partial charge is 0.394 e. The van der Waals surface area contributed by atoms with Crippen LogP contribution in [0.4, 0.5) is 4.39 Å². The zero-order valence-corrected chi connectivity index (χ0v) is 9.10. The van der Waals surface area contributed by atoms with E-state index >= 15 is 0 Å². The standard InChI is InChI=1S/C12H16FNO2/c13-11-3-1-2-10(8-11)12(9-15)14-4-6-16-7-5-14/h1-3,8,12,15H,4-7,9H2/t12-/m0/s1. The van der Waals surface area contributed by atoms with E-state index in [-0.39, 0.29) is 18.5 Å². The summed E-state index contributed by atoms with van der Waals surface area (Å²) in [7, 11) is 0. The molecule has 0 aromatic heterocycles. The number of hydrogen-bond acceptors (Lipinski definition) is 3. The van der Waals surface area contributed by atoms with E-state index in [0.717, 1.165) is 18.7 Å². The minimum Gasteiger partial charge on any atom is -0.394 e. The molecule has 1 aromatic rings. The van der Waals surface area contributed by atoms with Crippen molar-refractivity contribution in [3.8, 4) is 0 Å². The predicted molar refractivity (Wildman–Crippen MR) is 58.6 cm³/mol. The molecule has 1 atom stereocenters. The third kappa shape index (κ3) is 2.58. The highest BCUT2D eigenvalue weighted by Crippen LogP contribution is 2.21. The van der Waals surface area contributed by atoms with Crippen molar-refractivity contribution in [1.29, 1.82) is 0 Å². The topological polar surface area (TPSA) is 32.7 Å². The van der Waals surface area contributed by atoms with Crippen LogP contribution in [0.5, 0.6) is 0 Å². The van der Waals surface area contributed by atoms with E-state index in [1.54, 1.807) is 6.07 Å². The Bertz CT molecular complexity index is 340. The van der Waals surface area contributed by atoms with Crippen LogP contribution in [0.1, 0.15) is 11.6 Å². The van der Waals surface area contributed by atoms with Gasteiger partial charge in [0.15, 0.2) is 0 Å². The van der Waals surface area contributed by atoms with Gasteiger partial charge in [0.1, 0.15) is 5.82 Å². The number of halogens is 1. The molecule has 0 saturated carbocycles. The van der Waals surface area contributed by atoms with Gasteiger partial charge in [-0.05, 0) is 17.7 Å². The SMILES string of the molecule is OC[C@@H](c1cccc(F)c1)N1CCOCC1. The number of hydrogen-bond donors (Lipinski definition) is 1. The molecule has 0 unspecified atom stereocenters. The second kappa shape index (κ2) is 5.39. The third-order valence-electron chi connectivity index (χ3n) is 2.89. The van der Waals surface area contributed by atoms with Crippen molar-refractivity contribution < 1.29 is 14.2 Å². The van der Waals surface area contributed by atoms with Gasteiger partial charge in [0.2, 0.25) is 0 Å². The second-order valence-electron chi connectivity index (χ2n) is 3.90. The number of morpholine rings is 1. The van der Waals surface area contributed by atoms with Gasteiger partial charge < -0.3 is 9.84 Å². The molecule has 0 aliphatic carbocycles. The Labute approximate surface area is 94.4 Å². The summed E-state index contributed by atoms with van der Waals surface area (Å²) in [5.74, 6) is -0.260. The van der Waals surface area contributed by atoms with Crippen molar-refractivity contribution >= 4 is 0 Å². The van der Waals surface area contributed by atoms with Crippen molar-refractivity contribution in [3.63, 3.8) is 0 Å². The quantitative estimate of drug-likeness (QED) is 0.838. The highest BCUT2D eigenvalue weighted by atomic mass is 19.1. The first kappa shape index (κ1) is 11.5. The molecule has 1 heterocycles. The van der Waals surface area contributed by atoms with E-state index in [4.69, 9.17) is 4.74 Å². The average molecular weight is 225 g/mol. The fourth-order valence-electron chi connectivity index (χ4n) is 2.03. The predicted octanol–water partition coefficient (Wildman–Crippen LogP) is 1.19. The van der Waals surface area contributed by atoms with Gasteiger partial charge in [0, 0.05) is 13.1 Å². The summed E-state index contributed by atoms with van der Waals surface area (Å²) in [4.78, 5) is 2.12. The minimum absolute atomic E-state index is 0.00343. The molecule has 0 bridgehead atoms. The van der Waals surface area contributed by atoms with Crippen molar-refractivity contribution in [1.82, 2.24) is 4.90 Å². The lowest BCUT2D eigenvalue weighted by Gasteiger charge is -2.33. The van der Waals surface area contributed by atoms with Crippen molar-refractivity contribution in [3.05, 3.63) is 35.6 Å². The van der Waals surface area contributed by atoms with Gasteiger partial charge in [-0.25, -0.2) is 4.39 Å². The van der Waals surface area contributed by atoms with E-state index < -0.39 is 0 Å². The summed E-state index contributed by atoms with van der Waals surface area (Å²) >= 11 is 0. The Kier molecular flexibility index (Phi) is 3.88. The first-order valence-corrected chi connectivity index (χ1v) is 5.49. The average Bonchev–Trinajstić information content (AvgIpc) is 2.31. The first-order valence-electron chi connectivity index (χ1n) is 5.49. The van der Waals surface area contributed by atoms with Gasteiger partial charge in [-0.15, -0.1) is 0 Å². The van der Waals surface area contributed by atoms with Crippen LogP contribution in [0.15, 0.2) is 24.3 Å². The lowest BCUT2D eigenvalue weighted by Crippen LogP contribution is -2.40. The summed E-state index contributed by atoms with van der Waals surface area (Å²) in [6, 6.07) is 6.29. The molecule has 2 rings (SSSR count). The van der Waals surface area contributed by atoms with Crippen molar-refractivity contribution in [2.24, 2.45) is 0 Å². The second-order valence-corrected chi connectivity index (χ2v) is 3.90. The fourth-order valence-corrected chi connectivity index (χ4v) is 2.03. The summed E-state index contributed by atoms with van der Waals surface area (Å²) in [5, 5.41) is 9.42. The molecule has 1 saturated heterocycles. The Balaban J connectivity index is 2.14. The van der Waals surface area contributed by atoms with Crippen LogP contribution in [0, 0.1) is 5.82 Å². The molecule has 3 nitrogen and oxygen atoms in total. The third-order valence-corrected chi connectivity index (χ3v) is 2.89. The monoisotopic (exact) mass is 225 g/mol. The van der Waals surface area contributed by atoms with Gasteiger partial charge in [0.05, 0.1) is 25.9 Å². The zero-order valence-electron chi connectivity index (χ0n) is 9.10. The van der Waals surface area contributed by atoms with E-state index in [9.17, 15) is 9.50 Å². The minimum atomic E-state index is -0.260. The molecular formula is C12H16FNO2. The molecule has 1 aliphatic heterocycles. The number of aliphatic hydroxyl groups is 1. The fraction of sp³-hybridized carbons (Fsp3) is 0.500. The lowest BCUT2D eigenvalue weighted by molar-refractivity contribution is 0.00253. The normalized spacial score (nSPS) is 19.6. The van der Waals surface area contributed by atoms with Crippen LogP contribution in [-0.2, 0) is 4.74 Å². The van der Waals surface area contributed by atoms with Crippen LogP contribution in [0.2, 0.25) is 0 Å². The molecular weight excluding hydrogens is 209 g/mol. The van der Waals surface area contributed by atoms with Crippen LogP contribution in [0.25, 0.3) is 0 Å². The molecule has 1 aliphatic rings. The van der Waals surface area contributed by atoms with Gasteiger partial charge in [0.25, 0.3) is 0 Å². The Morgan fingerprint density at radius 2 is 2.12 bits per heavy atom. The first-order chi connectivity index (χ1) is 7.81. The van der Waals surface area contributed by atoms with E-state index in [2.05, 4.69) is 4.90 Å². The molecule has 16 heavy (non-hydrogen) atoms. The molecule has 0 amide bonds. The highest BCUT2D eigenvalue weighted by molar-refractivity contribution is 5.20. The molecule has 1 N–H and O–H groups in total. The van der Waals surface area contributed by atoms with E-state index in [1.807, 2.05) is 6.07 Å². The number of rotatable bonds is 3. The number of ether oxygens (including phenoxy) is 1. The molecule has 0 spiro atoms. The maximum atomic E-state index is 13.1. The summed E-state index contributed by atoms with van der Waals surface area (Å²) in [5.41, 5.74) is 0.824. The van der Waals surface area contributed by atoms with Crippen molar-refractivity contribution in [2.75, 3.05) is 32.9 Å². The number of aliphatic hydroxyl groups excluding tert-OH is 1. The van der Waals surface area contributed by atoms with Crippen LogP contribution in [0.3, 0.4) is 0 Å². The number of nitrogens with zero attached hydrogens (tertiary/aromatic N) is 1. The van der Waals surface area contributed by atoms with Crippen LogP contribution in [-0.4, -0.2) is 42.9 Å². The molecule has 4 heteroatoms. The van der Waals surface area contributed by atoms with Crippen LogP contribution < -0.4 is 0 Å². The van der Waals surface area contributed by atoms with Gasteiger partial charge in [-0.2, -0.15) is 0 Å². The maximum absolute atomic E-state index is 13.1. The summed E-state index contributed by atoms with van der Waals surface area (Å²) < 4.78 is 18.4. The van der Waals surface area contributed by atoms with Gasteiger partial charge in [-0.3, -0.25) is 4.90 Å². The van der Waals surface area contributed by atoms with Gasteiger partial charge in [-0.1, -0.05) is 12.1 Å². The van der Waals surface area contributed by atoms with E-state index in [1.165, 1.54) is 12.1 Å². The number of benzene rings is 1. The van der Waals surface area contributed by atoms with E-state index in [0.29, 0.717) is 13.2 Å². The van der Waals surface area contributed by atoms with Crippen molar-refractivity contribution in [2.45, 2.75) is 6.04 Å². The maximum Gasteiger partial charge on any atom is 0.123 e. The van der Waals surface area contributed by atoms with Crippen LogP contribution >= 0.6 is 0 Å². The smallest absolute Gasteiger partial charge is 0.123 e. The zero-order chi connectivity index (χ0) is 11.4. The summed E-state index contributed by atoms with van der Waals surface area (Å²) in [6.45, 7) is 2.91. The molecule has 1 fully saturated rings. The molecule has 0 radical (unpaired) electrons. The molecule has 88 valence electrons. The Hall–Kier alpha value is -0.970. The van der Waals surface area contributed by atoms with Gasteiger partial charge >= 0.3 is 0 Å². The molecule has 1 aromatic carbocycles. The summed E-state index contributed by atoms with van der Waals surface area (Å²) in [6.07, 6.45) is 0. The highest BCUT2D eigenvalue weighted by Gasteiger charge is 2.21. The lowest BCUT2D eigenvalue weighted by atomic mass is 10.1. The Morgan fingerprint density at radius 1 is 1.38 bits per heavy atom. The Morgan fingerprint density at radius 3 is 2.75 bits per heavy atom.